The third-order valence-electron chi connectivity index (χ3n) is 3.86. The van der Waals surface area contributed by atoms with Gasteiger partial charge in [-0.3, -0.25) is 0 Å². The van der Waals surface area contributed by atoms with E-state index >= 15 is 0 Å². The number of nitrogens with zero attached hydrogens (tertiary/aromatic N) is 3. The lowest BCUT2D eigenvalue weighted by molar-refractivity contribution is 0.852. The molecule has 0 N–H and O–H groups in total. The van der Waals surface area contributed by atoms with Gasteiger partial charge >= 0.3 is 0 Å². The highest BCUT2D eigenvalue weighted by Gasteiger charge is 2.07. The number of hydrogen-bond acceptors (Lipinski definition) is 6. The fraction of sp³-hybridized carbons (Fsp3) is 0.609. The standard InChI is InChI=1S/2C8H13NS.C5H7NS.C2H6/c1-5(2)8-6(3)9-7(4)10-8;1-4-7-5-9-8(10-7)6(2)3;1-4-5(2)7-3-6-4;1-2/h5H,1-4H3;5-6H,4H2,1-3H3;3H,1-2H3;1-2H3. The number of aryl methyl sites for hydroxylation is 5. The van der Waals surface area contributed by atoms with Crippen LogP contribution in [0, 0.1) is 27.7 Å². The summed E-state index contributed by atoms with van der Waals surface area (Å²) in [6.07, 6.45) is 3.10. The third kappa shape index (κ3) is 10.5. The fourth-order valence-corrected chi connectivity index (χ4v) is 4.58. The topological polar surface area (TPSA) is 38.7 Å². The summed E-state index contributed by atoms with van der Waals surface area (Å²) in [5.74, 6) is 1.22. The quantitative estimate of drug-likeness (QED) is 0.399. The van der Waals surface area contributed by atoms with Crippen molar-refractivity contribution in [2.45, 2.75) is 94.4 Å². The number of hydrogen-bond donors (Lipinski definition) is 0. The second kappa shape index (κ2) is 14.8. The van der Waals surface area contributed by atoms with Gasteiger partial charge in [0.1, 0.15) is 0 Å². The van der Waals surface area contributed by atoms with Crippen LogP contribution in [-0.4, -0.2) is 15.0 Å². The third-order valence-corrected chi connectivity index (χ3v) is 7.54. The Morgan fingerprint density at radius 1 is 0.862 bits per heavy atom. The normalized spacial score (nSPS) is 9.97. The van der Waals surface area contributed by atoms with Gasteiger partial charge in [0, 0.05) is 26.7 Å². The molecule has 0 saturated heterocycles. The molecule has 3 heterocycles. The van der Waals surface area contributed by atoms with Crippen LogP contribution in [0.15, 0.2) is 11.7 Å². The summed E-state index contributed by atoms with van der Waals surface area (Å²) in [4.78, 5) is 16.8. The van der Waals surface area contributed by atoms with Crippen LogP contribution in [0.5, 0.6) is 0 Å². The molecule has 3 aromatic heterocycles. The first-order valence-corrected chi connectivity index (χ1v) is 12.9. The van der Waals surface area contributed by atoms with Gasteiger partial charge in [0.25, 0.3) is 0 Å². The van der Waals surface area contributed by atoms with E-state index in [0.717, 1.165) is 12.1 Å². The predicted octanol–water partition coefficient (Wildman–Crippen LogP) is 8.50. The lowest BCUT2D eigenvalue weighted by atomic mass is 10.1. The Labute approximate surface area is 190 Å². The van der Waals surface area contributed by atoms with Gasteiger partial charge in [0.15, 0.2) is 0 Å². The molecule has 164 valence electrons. The Bertz CT molecular complexity index is 782. The Balaban J connectivity index is 0.000000394. The summed E-state index contributed by atoms with van der Waals surface area (Å²) in [6.45, 7) is 23.2. The molecule has 0 amide bonds. The van der Waals surface area contributed by atoms with Gasteiger partial charge < -0.3 is 0 Å². The second-order valence-electron chi connectivity index (χ2n) is 7.00. The van der Waals surface area contributed by atoms with Crippen LogP contribution in [0.4, 0.5) is 0 Å². The van der Waals surface area contributed by atoms with Gasteiger partial charge in [-0.2, -0.15) is 0 Å². The van der Waals surface area contributed by atoms with Crippen LogP contribution in [0.3, 0.4) is 0 Å². The van der Waals surface area contributed by atoms with Crippen LogP contribution in [0.25, 0.3) is 0 Å². The maximum Gasteiger partial charge on any atom is 0.0953 e. The zero-order valence-corrected chi connectivity index (χ0v) is 22.5. The van der Waals surface area contributed by atoms with E-state index < -0.39 is 0 Å². The molecule has 0 radical (unpaired) electrons. The molecule has 0 atom stereocenters. The van der Waals surface area contributed by atoms with Gasteiger partial charge in [-0.15, -0.1) is 34.0 Å². The van der Waals surface area contributed by atoms with Crippen LogP contribution in [0.1, 0.15) is 96.3 Å². The molecule has 0 fully saturated rings. The molecule has 29 heavy (non-hydrogen) atoms. The van der Waals surface area contributed by atoms with Crippen molar-refractivity contribution in [3.63, 3.8) is 0 Å². The zero-order chi connectivity index (χ0) is 22.6. The molecular formula is C23H39N3S3. The maximum absolute atomic E-state index is 4.35. The molecule has 0 aromatic carbocycles. The van der Waals surface area contributed by atoms with Crippen molar-refractivity contribution in [2.24, 2.45) is 0 Å². The van der Waals surface area contributed by atoms with Crippen LogP contribution >= 0.6 is 34.0 Å². The predicted molar refractivity (Wildman–Crippen MR) is 134 cm³/mol. The van der Waals surface area contributed by atoms with Gasteiger partial charge in [0.2, 0.25) is 0 Å². The van der Waals surface area contributed by atoms with Crippen molar-refractivity contribution in [1.29, 1.82) is 0 Å². The molecule has 0 spiro atoms. The van der Waals surface area contributed by atoms with Crippen LogP contribution in [-0.2, 0) is 6.42 Å². The first-order chi connectivity index (χ1) is 13.6. The Kier molecular flexibility index (Phi) is 14.2. The minimum absolute atomic E-state index is 0.588. The van der Waals surface area contributed by atoms with Crippen LogP contribution < -0.4 is 0 Å². The SMILES string of the molecule is CC.CCc1cnc(C(C)C)s1.Cc1nc(C)c(C(C)C)s1.Cc1ncsc1C. The van der Waals surface area contributed by atoms with E-state index in [2.05, 4.69) is 70.3 Å². The molecule has 3 rings (SSSR count). The van der Waals surface area contributed by atoms with E-state index in [1.54, 1.807) is 11.3 Å². The Morgan fingerprint density at radius 3 is 1.69 bits per heavy atom. The van der Waals surface area contributed by atoms with Crippen LogP contribution in [0.2, 0.25) is 0 Å². The highest BCUT2D eigenvalue weighted by molar-refractivity contribution is 7.12. The van der Waals surface area contributed by atoms with Crippen molar-refractivity contribution < 1.29 is 0 Å². The highest BCUT2D eigenvalue weighted by Crippen LogP contribution is 2.25. The molecule has 3 nitrogen and oxygen atoms in total. The molecule has 6 heteroatoms. The summed E-state index contributed by atoms with van der Waals surface area (Å²) in [7, 11) is 0. The number of aromatic nitrogens is 3. The number of thiazole rings is 3. The Hall–Kier alpha value is -1.11. The minimum Gasteiger partial charge on any atom is -0.250 e. The van der Waals surface area contributed by atoms with Gasteiger partial charge in [-0.25, -0.2) is 15.0 Å². The van der Waals surface area contributed by atoms with E-state index in [4.69, 9.17) is 0 Å². The van der Waals surface area contributed by atoms with E-state index in [0.29, 0.717) is 11.8 Å². The molecule has 0 aliphatic carbocycles. The van der Waals surface area contributed by atoms with E-state index in [9.17, 15) is 0 Å². The van der Waals surface area contributed by atoms with Crippen molar-refractivity contribution in [1.82, 2.24) is 15.0 Å². The fourth-order valence-electron chi connectivity index (χ4n) is 2.20. The van der Waals surface area contributed by atoms with Gasteiger partial charge in [-0.05, 0) is 40.0 Å². The zero-order valence-electron chi connectivity index (χ0n) is 20.1. The first kappa shape index (κ1) is 27.9. The Morgan fingerprint density at radius 2 is 1.48 bits per heavy atom. The summed E-state index contributed by atoms with van der Waals surface area (Å²) in [5, 5.41) is 2.44. The molecule has 0 bridgehead atoms. The monoisotopic (exact) mass is 453 g/mol. The molecular weight excluding hydrogens is 414 g/mol. The van der Waals surface area contributed by atoms with Crippen molar-refractivity contribution in [3.8, 4) is 0 Å². The summed E-state index contributed by atoms with van der Waals surface area (Å²) < 4.78 is 0. The van der Waals surface area contributed by atoms with E-state index in [-0.39, 0.29) is 0 Å². The molecule has 0 aliphatic rings. The molecule has 0 aliphatic heterocycles. The minimum atomic E-state index is 0.588. The number of rotatable bonds is 3. The highest BCUT2D eigenvalue weighted by atomic mass is 32.1. The maximum atomic E-state index is 4.35. The lowest BCUT2D eigenvalue weighted by Gasteiger charge is -1.98. The van der Waals surface area contributed by atoms with Gasteiger partial charge in [-0.1, -0.05) is 48.5 Å². The molecule has 0 unspecified atom stereocenters. The van der Waals surface area contributed by atoms with Crippen molar-refractivity contribution in [2.75, 3.05) is 0 Å². The molecule has 0 saturated carbocycles. The molecule has 3 aromatic rings. The largest absolute Gasteiger partial charge is 0.250 e. The summed E-state index contributed by atoms with van der Waals surface area (Å²) >= 11 is 5.33. The summed E-state index contributed by atoms with van der Waals surface area (Å²) in [6, 6.07) is 0. The van der Waals surface area contributed by atoms with Crippen molar-refractivity contribution in [3.05, 3.63) is 47.7 Å². The average Bonchev–Trinajstić information content (AvgIpc) is 3.39. The first-order valence-electron chi connectivity index (χ1n) is 10.4. The lowest BCUT2D eigenvalue weighted by Crippen LogP contribution is -1.84. The van der Waals surface area contributed by atoms with E-state index in [1.165, 1.54) is 30.3 Å². The average molecular weight is 454 g/mol. The second-order valence-corrected chi connectivity index (χ2v) is 10.4. The van der Waals surface area contributed by atoms with E-state index in [1.807, 2.05) is 55.2 Å². The smallest absolute Gasteiger partial charge is 0.0953 e. The van der Waals surface area contributed by atoms with Crippen molar-refractivity contribution >= 4 is 34.0 Å². The van der Waals surface area contributed by atoms with Gasteiger partial charge in [0.05, 0.1) is 26.9 Å². The summed E-state index contributed by atoms with van der Waals surface area (Å²) in [5.41, 5.74) is 4.23.